The predicted octanol–water partition coefficient (Wildman–Crippen LogP) is 0.481. The summed E-state index contributed by atoms with van der Waals surface area (Å²) >= 11 is 0. The molecule has 6 heteroatoms. The summed E-state index contributed by atoms with van der Waals surface area (Å²) in [7, 11) is 0. The normalized spacial score (nSPS) is 10.2. The monoisotopic (exact) mass is 231 g/mol. The molecule has 0 aromatic carbocycles. The molecule has 6 nitrogen and oxygen atoms in total. The van der Waals surface area contributed by atoms with Crippen LogP contribution in [0, 0.1) is 6.92 Å². The third-order valence-electron chi connectivity index (χ3n) is 2.27. The van der Waals surface area contributed by atoms with Crippen molar-refractivity contribution in [2.24, 2.45) is 0 Å². The van der Waals surface area contributed by atoms with Gasteiger partial charge in [-0.3, -0.25) is 14.9 Å². The van der Waals surface area contributed by atoms with Crippen LogP contribution in [-0.4, -0.2) is 32.6 Å². The topological polar surface area (TPSA) is 83.6 Å². The molecule has 0 atom stereocenters. The highest BCUT2D eigenvalue weighted by Gasteiger charge is 2.05. The second kappa shape index (κ2) is 5.20. The van der Waals surface area contributed by atoms with Crippen LogP contribution in [0.5, 0.6) is 0 Å². The van der Waals surface area contributed by atoms with Crippen molar-refractivity contribution >= 4 is 5.91 Å². The van der Waals surface area contributed by atoms with Gasteiger partial charge in [-0.25, -0.2) is 4.98 Å². The minimum atomic E-state index is -0.102. The van der Waals surface area contributed by atoms with Crippen molar-refractivity contribution in [2.75, 3.05) is 6.54 Å². The van der Waals surface area contributed by atoms with E-state index in [0.717, 1.165) is 11.5 Å². The fourth-order valence-corrected chi connectivity index (χ4v) is 1.43. The highest BCUT2D eigenvalue weighted by molar-refractivity contribution is 5.94. The van der Waals surface area contributed by atoms with E-state index in [1.807, 2.05) is 6.92 Å². The molecular weight excluding hydrogens is 218 g/mol. The minimum absolute atomic E-state index is 0.102. The lowest BCUT2D eigenvalue weighted by Gasteiger charge is -2.04. The number of nitrogens with one attached hydrogen (secondary N) is 2. The number of H-pyrrole nitrogens is 1. The zero-order valence-corrected chi connectivity index (χ0v) is 9.47. The van der Waals surface area contributed by atoms with Gasteiger partial charge in [0.2, 0.25) is 0 Å². The number of carbonyl (C=O) groups excluding carboxylic acids is 1. The Hall–Kier alpha value is -2.24. The summed E-state index contributed by atoms with van der Waals surface area (Å²) in [5, 5.41) is 9.28. The van der Waals surface area contributed by atoms with Crippen LogP contribution in [0.25, 0.3) is 0 Å². The average molecular weight is 231 g/mol. The summed E-state index contributed by atoms with van der Waals surface area (Å²) < 4.78 is 0. The van der Waals surface area contributed by atoms with E-state index < -0.39 is 0 Å². The van der Waals surface area contributed by atoms with Crippen LogP contribution in [0.4, 0.5) is 0 Å². The quantitative estimate of drug-likeness (QED) is 0.801. The van der Waals surface area contributed by atoms with E-state index in [1.165, 1.54) is 6.33 Å². The van der Waals surface area contributed by atoms with Gasteiger partial charge in [-0.1, -0.05) is 0 Å². The van der Waals surface area contributed by atoms with Crippen LogP contribution in [-0.2, 0) is 6.42 Å². The molecule has 2 N–H and O–H groups in total. The number of nitrogens with zero attached hydrogens (tertiary/aromatic N) is 3. The van der Waals surface area contributed by atoms with E-state index in [2.05, 4.69) is 25.5 Å². The first-order chi connectivity index (χ1) is 8.25. The van der Waals surface area contributed by atoms with Gasteiger partial charge in [-0.15, -0.1) is 0 Å². The van der Waals surface area contributed by atoms with Gasteiger partial charge < -0.3 is 5.32 Å². The van der Waals surface area contributed by atoms with Gasteiger partial charge in [-0.05, 0) is 19.1 Å². The van der Waals surface area contributed by atoms with Gasteiger partial charge >= 0.3 is 0 Å². The number of aryl methyl sites for hydroxylation is 1. The summed E-state index contributed by atoms with van der Waals surface area (Å²) in [5.74, 6) is 0.659. The molecule has 0 fully saturated rings. The molecule has 2 rings (SSSR count). The Morgan fingerprint density at radius 1 is 1.47 bits per heavy atom. The van der Waals surface area contributed by atoms with E-state index in [1.54, 1.807) is 18.3 Å². The van der Waals surface area contributed by atoms with Crippen LogP contribution in [0.2, 0.25) is 0 Å². The van der Waals surface area contributed by atoms with Crippen LogP contribution in [0.15, 0.2) is 24.7 Å². The zero-order valence-electron chi connectivity index (χ0n) is 9.47. The molecule has 0 radical (unpaired) electrons. The smallest absolute Gasteiger partial charge is 0.251 e. The highest BCUT2D eigenvalue weighted by atomic mass is 16.1. The van der Waals surface area contributed by atoms with Gasteiger partial charge in [0, 0.05) is 30.4 Å². The average Bonchev–Trinajstić information content (AvgIpc) is 2.82. The van der Waals surface area contributed by atoms with Crippen molar-refractivity contribution in [1.29, 1.82) is 0 Å². The minimum Gasteiger partial charge on any atom is -0.352 e. The van der Waals surface area contributed by atoms with Crippen molar-refractivity contribution in [3.8, 4) is 0 Å². The first kappa shape index (κ1) is 11.3. The van der Waals surface area contributed by atoms with E-state index >= 15 is 0 Å². The Labute approximate surface area is 98.5 Å². The maximum atomic E-state index is 11.7. The number of aromatic amines is 1. The molecule has 1 amide bonds. The van der Waals surface area contributed by atoms with E-state index in [-0.39, 0.29) is 5.91 Å². The SMILES string of the molecule is Cc1cc(C(=O)NCCc2ncn[nH]2)ccn1. The molecule has 17 heavy (non-hydrogen) atoms. The molecule has 2 aromatic heterocycles. The molecule has 2 aromatic rings. The van der Waals surface area contributed by atoms with E-state index in [4.69, 9.17) is 0 Å². The molecule has 0 aliphatic heterocycles. The lowest BCUT2D eigenvalue weighted by atomic mass is 10.2. The van der Waals surface area contributed by atoms with Gasteiger partial charge in [-0.2, -0.15) is 5.10 Å². The summed E-state index contributed by atoms with van der Waals surface area (Å²) in [5.41, 5.74) is 1.45. The summed E-state index contributed by atoms with van der Waals surface area (Å²) in [4.78, 5) is 19.8. The summed E-state index contributed by atoms with van der Waals surface area (Å²) in [6.07, 6.45) is 3.71. The Balaban J connectivity index is 1.85. The lowest BCUT2D eigenvalue weighted by molar-refractivity contribution is 0.0954. The van der Waals surface area contributed by atoms with Crippen molar-refractivity contribution in [3.05, 3.63) is 41.7 Å². The third kappa shape index (κ3) is 3.10. The number of carbonyl (C=O) groups is 1. The van der Waals surface area contributed by atoms with Crippen molar-refractivity contribution < 1.29 is 4.79 Å². The van der Waals surface area contributed by atoms with Crippen LogP contribution >= 0.6 is 0 Å². The molecule has 2 heterocycles. The predicted molar refractivity (Wildman–Crippen MR) is 61.4 cm³/mol. The molecule has 0 aliphatic carbocycles. The Morgan fingerprint density at radius 3 is 3.06 bits per heavy atom. The second-order valence-corrected chi connectivity index (χ2v) is 3.62. The van der Waals surface area contributed by atoms with Gasteiger partial charge in [0.1, 0.15) is 12.2 Å². The molecule has 0 aliphatic rings. The maximum absolute atomic E-state index is 11.7. The van der Waals surface area contributed by atoms with Gasteiger partial charge in [0.15, 0.2) is 0 Å². The Morgan fingerprint density at radius 2 is 2.35 bits per heavy atom. The lowest BCUT2D eigenvalue weighted by Crippen LogP contribution is -2.26. The first-order valence-electron chi connectivity index (χ1n) is 5.31. The Bertz CT molecular complexity index is 494. The standard InChI is InChI=1S/C11H13N5O/c1-8-6-9(2-4-12-8)11(17)13-5-3-10-14-7-15-16-10/h2,4,6-7H,3,5H2,1H3,(H,13,17)(H,14,15,16). The van der Waals surface area contributed by atoms with Gasteiger partial charge in [0.05, 0.1) is 0 Å². The number of aromatic nitrogens is 4. The van der Waals surface area contributed by atoms with Gasteiger partial charge in [0.25, 0.3) is 5.91 Å². The maximum Gasteiger partial charge on any atom is 0.251 e. The van der Waals surface area contributed by atoms with Crippen LogP contribution in [0.3, 0.4) is 0 Å². The molecule has 0 saturated carbocycles. The molecule has 0 saturated heterocycles. The number of pyridine rings is 1. The third-order valence-corrected chi connectivity index (χ3v) is 2.27. The van der Waals surface area contributed by atoms with Crippen molar-refractivity contribution in [3.63, 3.8) is 0 Å². The zero-order chi connectivity index (χ0) is 12.1. The molecular formula is C11H13N5O. The van der Waals surface area contributed by atoms with Crippen LogP contribution < -0.4 is 5.32 Å². The summed E-state index contributed by atoms with van der Waals surface area (Å²) in [6.45, 7) is 2.38. The number of amides is 1. The van der Waals surface area contributed by atoms with E-state index in [9.17, 15) is 4.79 Å². The molecule has 0 unspecified atom stereocenters. The molecule has 0 bridgehead atoms. The number of hydrogen-bond acceptors (Lipinski definition) is 4. The largest absolute Gasteiger partial charge is 0.352 e. The van der Waals surface area contributed by atoms with Crippen LogP contribution in [0.1, 0.15) is 21.9 Å². The van der Waals surface area contributed by atoms with Crippen molar-refractivity contribution in [1.82, 2.24) is 25.5 Å². The Kier molecular flexibility index (Phi) is 3.44. The fourth-order valence-electron chi connectivity index (χ4n) is 1.43. The fraction of sp³-hybridized carbons (Fsp3) is 0.273. The van der Waals surface area contributed by atoms with Crippen molar-refractivity contribution in [2.45, 2.75) is 13.3 Å². The molecule has 0 spiro atoms. The molecule has 88 valence electrons. The van der Waals surface area contributed by atoms with E-state index in [0.29, 0.717) is 18.5 Å². The first-order valence-corrected chi connectivity index (χ1v) is 5.31. The highest BCUT2D eigenvalue weighted by Crippen LogP contribution is 2.00. The number of hydrogen-bond donors (Lipinski definition) is 2. The summed E-state index contributed by atoms with van der Waals surface area (Å²) in [6, 6.07) is 3.45. The number of rotatable bonds is 4. The second-order valence-electron chi connectivity index (χ2n) is 3.62.